The molecule has 0 aliphatic heterocycles. The standard InChI is InChI=1S/C20H32N2O5S4/c1-4-22(20(25)27-11-18(23)26-5-2)19(24)16(10-15-6-9-29-12-15)13-30-31-14-17(21)7-8-28-3/h6,9,12,16-17H,4-5,7-8,10-11,13-14,21H2,1-3H3. The Morgan fingerprint density at radius 1 is 1.19 bits per heavy atom. The number of rotatable bonds is 15. The summed E-state index contributed by atoms with van der Waals surface area (Å²) >= 11 is 3.35. The molecular weight excluding hydrogens is 476 g/mol. The maximum atomic E-state index is 13.1. The SMILES string of the molecule is CCOC(=O)COC(=O)N(CC)C(=O)C(CSSCC(N)CCSC)Cc1ccsc1. The molecule has 7 nitrogen and oxygen atoms in total. The van der Waals surface area contributed by atoms with Gasteiger partial charge in [-0.2, -0.15) is 23.1 Å². The summed E-state index contributed by atoms with van der Waals surface area (Å²) in [5.74, 6) is 1.07. The van der Waals surface area contributed by atoms with Crippen molar-refractivity contribution in [3.8, 4) is 0 Å². The van der Waals surface area contributed by atoms with Crippen LogP contribution in [0.4, 0.5) is 4.79 Å². The molecule has 1 rings (SSSR count). The van der Waals surface area contributed by atoms with E-state index in [0.717, 1.165) is 28.4 Å². The highest BCUT2D eigenvalue weighted by atomic mass is 33.1. The number of thioether (sulfide) groups is 1. The summed E-state index contributed by atoms with van der Waals surface area (Å²) in [7, 11) is 3.25. The normalized spacial score (nSPS) is 12.8. The molecular formula is C20H32N2O5S4. The van der Waals surface area contributed by atoms with Crippen LogP contribution in [0.25, 0.3) is 0 Å². The lowest BCUT2D eigenvalue weighted by atomic mass is 10.0. The second-order valence-electron chi connectivity index (χ2n) is 6.59. The highest BCUT2D eigenvalue weighted by Gasteiger charge is 2.29. The number of carbonyl (C=O) groups excluding carboxylic acids is 3. The number of amides is 2. The number of hydrogen-bond donors (Lipinski definition) is 1. The highest BCUT2D eigenvalue weighted by molar-refractivity contribution is 8.76. The maximum Gasteiger partial charge on any atom is 0.417 e. The Hall–Kier alpha value is -0.880. The zero-order valence-corrected chi connectivity index (χ0v) is 21.5. The largest absolute Gasteiger partial charge is 0.463 e. The molecule has 31 heavy (non-hydrogen) atoms. The molecule has 0 aliphatic carbocycles. The molecule has 2 unspecified atom stereocenters. The molecule has 1 heterocycles. The van der Waals surface area contributed by atoms with E-state index in [0.29, 0.717) is 12.2 Å². The molecule has 2 atom stereocenters. The van der Waals surface area contributed by atoms with Gasteiger partial charge in [0.05, 0.1) is 12.5 Å². The second kappa shape index (κ2) is 16.7. The first-order valence-electron chi connectivity index (χ1n) is 10.1. The minimum Gasteiger partial charge on any atom is -0.463 e. The van der Waals surface area contributed by atoms with E-state index in [1.54, 1.807) is 58.5 Å². The molecule has 0 spiro atoms. The highest BCUT2D eigenvalue weighted by Crippen LogP contribution is 2.28. The number of esters is 1. The Kier molecular flexibility index (Phi) is 15.2. The van der Waals surface area contributed by atoms with Gasteiger partial charge < -0.3 is 15.2 Å². The molecule has 0 saturated carbocycles. The van der Waals surface area contributed by atoms with Crippen molar-refractivity contribution in [2.24, 2.45) is 11.7 Å². The third kappa shape index (κ3) is 11.5. The number of nitrogens with two attached hydrogens (primary N) is 1. The molecule has 1 aromatic rings. The quantitative estimate of drug-likeness (QED) is 0.215. The van der Waals surface area contributed by atoms with Crippen LogP contribution in [0.1, 0.15) is 25.8 Å². The number of nitrogens with zero attached hydrogens (tertiary/aromatic N) is 1. The van der Waals surface area contributed by atoms with Gasteiger partial charge in [-0.3, -0.25) is 4.79 Å². The van der Waals surface area contributed by atoms with Gasteiger partial charge in [0, 0.05) is 24.1 Å². The van der Waals surface area contributed by atoms with E-state index in [4.69, 9.17) is 15.2 Å². The van der Waals surface area contributed by atoms with Crippen LogP contribution in [0.15, 0.2) is 16.8 Å². The Balaban J connectivity index is 2.68. The Labute approximate surface area is 200 Å². The topological polar surface area (TPSA) is 98.9 Å². The van der Waals surface area contributed by atoms with Crippen molar-refractivity contribution in [1.29, 1.82) is 0 Å². The van der Waals surface area contributed by atoms with Crippen molar-refractivity contribution in [2.75, 3.05) is 43.3 Å². The first kappa shape index (κ1) is 28.2. The van der Waals surface area contributed by atoms with E-state index in [9.17, 15) is 14.4 Å². The molecule has 0 aromatic carbocycles. The monoisotopic (exact) mass is 508 g/mol. The van der Waals surface area contributed by atoms with Crippen LogP contribution in [-0.2, 0) is 25.5 Å². The summed E-state index contributed by atoms with van der Waals surface area (Å²) in [6.45, 7) is 3.23. The van der Waals surface area contributed by atoms with E-state index in [2.05, 4.69) is 6.26 Å². The Morgan fingerprint density at radius 2 is 1.94 bits per heavy atom. The van der Waals surface area contributed by atoms with E-state index >= 15 is 0 Å². The molecule has 176 valence electrons. The number of hydrogen-bond acceptors (Lipinski definition) is 10. The fourth-order valence-electron chi connectivity index (χ4n) is 2.53. The van der Waals surface area contributed by atoms with Gasteiger partial charge >= 0.3 is 12.1 Å². The smallest absolute Gasteiger partial charge is 0.417 e. The number of carbonyl (C=O) groups is 3. The summed E-state index contributed by atoms with van der Waals surface area (Å²) in [6, 6.07) is 2.11. The summed E-state index contributed by atoms with van der Waals surface area (Å²) in [5, 5.41) is 3.97. The van der Waals surface area contributed by atoms with Crippen LogP contribution >= 0.6 is 44.7 Å². The van der Waals surface area contributed by atoms with Gasteiger partial charge in [-0.1, -0.05) is 21.6 Å². The molecule has 0 radical (unpaired) electrons. The maximum absolute atomic E-state index is 13.1. The van der Waals surface area contributed by atoms with Crippen molar-refractivity contribution in [3.63, 3.8) is 0 Å². The third-order valence-electron chi connectivity index (χ3n) is 4.16. The van der Waals surface area contributed by atoms with E-state index in [-0.39, 0.29) is 31.0 Å². The minimum atomic E-state index is -0.826. The van der Waals surface area contributed by atoms with Gasteiger partial charge in [0.2, 0.25) is 5.91 Å². The molecule has 0 aliphatic rings. The van der Waals surface area contributed by atoms with Gasteiger partial charge in [0.25, 0.3) is 0 Å². The van der Waals surface area contributed by atoms with Crippen LogP contribution in [0.5, 0.6) is 0 Å². The molecule has 2 amide bonds. The number of thiophene rings is 1. The van der Waals surface area contributed by atoms with Crippen molar-refractivity contribution in [2.45, 2.75) is 32.7 Å². The summed E-state index contributed by atoms with van der Waals surface area (Å²) in [5.41, 5.74) is 7.17. The van der Waals surface area contributed by atoms with Crippen LogP contribution in [0.3, 0.4) is 0 Å². The van der Waals surface area contributed by atoms with Crippen LogP contribution in [-0.4, -0.2) is 72.2 Å². The fraction of sp³-hybridized carbons (Fsp3) is 0.650. The van der Waals surface area contributed by atoms with E-state index in [1.807, 2.05) is 16.8 Å². The lowest BCUT2D eigenvalue weighted by Gasteiger charge is -2.24. The van der Waals surface area contributed by atoms with Crippen LogP contribution in [0.2, 0.25) is 0 Å². The summed E-state index contributed by atoms with van der Waals surface area (Å²) in [4.78, 5) is 38.1. The fourth-order valence-corrected chi connectivity index (χ4v) is 6.30. The van der Waals surface area contributed by atoms with Gasteiger partial charge in [-0.15, -0.1) is 0 Å². The second-order valence-corrected chi connectivity index (χ2v) is 10.9. The van der Waals surface area contributed by atoms with Crippen molar-refractivity contribution >= 4 is 62.7 Å². The van der Waals surface area contributed by atoms with Gasteiger partial charge in [-0.25, -0.2) is 14.5 Å². The number of ether oxygens (including phenoxy) is 2. The predicted molar refractivity (Wildman–Crippen MR) is 133 cm³/mol. The molecule has 0 saturated heterocycles. The van der Waals surface area contributed by atoms with Crippen molar-refractivity contribution in [3.05, 3.63) is 22.4 Å². The Bertz CT molecular complexity index is 660. The molecule has 11 heteroatoms. The van der Waals surface area contributed by atoms with Crippen molar-refractivity contribution < 1.29 is 23.9 Å². The first-order valence-corrected chi connectivity index (χ1v) is 14.9. The molecule has 0 bridgehead atoms. The van der Waals surface area contributed by atoms with E-state index in [1.165, 1.54) is 0 Å². The zero-order chi connectivity index (χ0) is 23.1. The van der Waals surface area contributed by atoms with Crippen LogP contribution < -0.4 is 5.73 Å². The summed E-state index contributed by atoms with van der Waals surface area (Å²) in [6.07, 6.45) is 2.73. The number of imide groups is 1. The zero-order valence-electron chi connectivity index (χ0n) is 18.2. The average Bonchev–Trinajstić information content (AvgIpc) is 3.26. The van der Waals surface area contributed by atoms with Crippen LogP contribution in [0, 0.1) is 5.92 Å². The van der Waals surface area contributed by atoms with E-state index < -0.39 is 18.7 Å². The molecule has 0 fully saturated rings. The molecule has 2 N–H and O–H groups in total. The van der Waals surface area contributed by atoms with Crippen molar-refractivity contribution in [1.82, 2.24) is 4.90 Å². The molecule has 1 aromatic heterocycles. The lowest BCUT2D eigenvalue weighted by Crippen LogP contribution is -2.43. The summed E-state index contributed by atoms with van der Waals surface area (Å²) < 4.78 is 9.73. The predicted octanol–water partition coefficient (Wildman–Crippen LogP) is 3.92. The van der Waals surface area contributed by atoms with Gasteiger partial charge in [0.1, 0.15) is 0 Å². The minimum absolute atomic E-state index is 0.126. The van der Waals surface area contributed by atoms with Gasteiger partial charge in [-0.05, 0) is 61.1 Å². The Morgan fingerprint density at radius 3 is 2.55 bits per heavy atom. The van der Waals surface area contributed by atoms with Gasteiger partial charge in [0.15, 0.2) is 6.61 Å². The average molecular weight is 509 g/mol. The first-order chi connectivity index (χ1) is 14.9. The lowest BCUT2D eigenvalue weighted by molar-refractivity contribution is -0.147. The third-order valence-corrected chi connectivity index (χ3v) is 8.12.